The standard InChI is InChI=1S/C15H30N2O3/c1-12-6-4-7-13(16)14(12)15(18)17(9-11-20-3)8-5-10-19-2/h12-14H,4-11,16H2,1-3H3. The van der Waals surface area contributed by atoms with Crippen LogP contribution in [0.15, 0.2) is 0 Å². The van der Waals surface area contributed by atoms with E-state index >= 15 is 0 Å². The molecule has 1 aliphatic rings. The molecule has 20 heavy (non-hydrogen) atoms. The average molecular weight is 286 g/mol. The Morgan fingerprint density at radius 3 is 2.50 bits per heavy atom. The Balaban J connectivity index is 2.63. The summed E-state index contributed by atoms with van der Waals surface area (Å²) in [6, 6.07) is -0.00119. The van der Waals surface area contributed by atoms with Gasteiger partial charge in [-0.1, -0.05) is 13.3 Å². The minimum atomic E-state index is -0.0387. The first-order chi connectivity index (χ1) is 9.61. The molecule has 0 aromatic rings. The molecule has 2 N–H and O–H groups in total. The van der Waals surface area contributed by atoms with E-state index in [9.17, 15) is 4.79 Å². The van der Waals surface area contributed by atoms with Crippen molar-refractivity contribution in [2.24, 2.45) is 17.6 Å². The SMILES string of the molecule is COCCCN(CCOC)C(=O)C1C(C)CCCC1N. The summed E-state index contributed by atoms with van der Waals surface area (Å²) in [6.45, 7) is 4.73. The van der Waals surface area contributed by atoms with E-state index < -0.39 is 0 Å². The fourth-order valence-corrected chi connectivity index (χ4v) is 3.03. The van der Waals surface area contributed by atoms with E-state index in [0.29, 0.717) is 32.2 Å². The highest BCUT2D eigenvalue weighted by Gasteiger charge is 2.36. The molecule has 0 aromatic heterocycles. The van der Waals surface area contributed by atoms with Crippen LogP contribution in [0, 0.1) is 11.8 Å². The van der Waals surface area contributed by atoms with Gasteiger partial charge in [-0.3, -0.25) is 4.79 Å². The number of hydrogen-bond acceptors (Lipinski definition) is 4. The molecule has 0 spiro atoms. The van der Waals surface area contributed by atoms with Crippen LogP contribution in [0.2, 0.25) is 0 Å². The lowest BCUT2D eigenvalue weighted by atomic mass is 9.76. The molecule has 0 bridgehead atoms. The van der Waals surface area contributed by atoms with Crippen LogP contribution >= 0.6 is 0 Å². The van der Waals surface area contributed by atoms with Gasteiger partial charge in [-0.15, -0.1) is 0 Å². The molecule has 0 aromatic carbocycles. The van der Waals surface area contributed by atoms with Gasteiger partial charge in [0.05, 0.1) is 12.5 Å². The van der Waals surface area contributed by atoms with E-state index in [1.54, 1.807) is 14.2 Å². The fourth-order valence-electron chi connectivity index (χ4n) is 3.03. The summed E-state index contributed by atoms with van der Waals surface area (Å²) < 4.78 is 10.2. The molecule has 1 saturated carbocycles. The van der Waals surface area contributed by atoms with Gasteiger partial charge in [0.2, 0.25) is 5.91 Å². The number of carbonyl (C=O) groups is 1. The normalized spacial score (nSPS) is 26.5. The van der Waals surface area contributed by atoms with Crippen LogP contribution in [0.4, 0.5) is 0 Å². The maximum atomic E-state index is 12.8. The maximum absolute atomic E-state index is 12.8. The molecule has 118 valence electrons. The third-order valence-corrected chi connectivity index (χ3v) is 4.21. The van der Waals surface area contributed by atoms with Gasteiger partial charge in [-0.05, 0) is 25.2 Å². The molecule has 1 amide bonds. The zero-order valence-corrected chi connectivity index (χ0v) is 13.1. The summed E-state index contributed by atoms with van der Waals surface area (Å²) in [7, 11) is 3.34. The fraction of sp³-hybridized carbons (Fsp3) is 0.933. The summed E-state index contributed by atoms with van der Waals surface area (Å²) >= 11 is 0. The second kappa shape index (κ2) is 9.32. The van der Waals surface area contributed by atoms with Crippen LogP contribution < -0.4 is 5.73 Å². The van der Waals surface area contributed by atoms with Crippen molar-refractivity contribution in [1.29, 1.82) is 0 Å². The topological polar surface area (TPSA) is 64.8 Å². The van der Waals surface area contributed by atoms with Crippen LogP contribution in [-0.2, 0) is 14.3 Å². The monoisotopic (exact) mass is 286 g/mol. The van der Waals surface area contributed by atoms with Gasteiger partial charge in [-0.25, -0.2) is 0 Å². The maximum Gasteiger partial charge on any atom is 0.227 e. The Morgan fingerprint density at radius 2 is 1.90 bits per heavy atom. The summed E-state index contributed by atoms with van der Waals surface area (Å²) in [6.07, 6.45) is 4.04. The lowest BCUT2D eigenvalue weighted by Crippen LogP contribution is -2.50. The molecule has 0 heterocycles. The van der Waals surface area contributed by atoms with Crippen molar-refractivity contribution in [3.8, 4) is 0 Å². The molecule has 1 rings (SSSR count). The minimum Gasteiger partial charge on any atom is -0.385 e. The summed E-state index contributed by atoms with van der Waals surface area (Å²) in [5.74, 6) is 0.528. The van der Waals surface area contributed by atoms with Crippen LogP contribution in [0.5, 0.6) is 0 Å². The second-order valence-electron chi connectivity index (χ2n) is 5.76. The number of methoxy groups -OCH3 is 2. The van der Waals surface area contributed by atoms with Crippen LogP contribution in [0.25, 0.3) is 0 Å². The highest BCUT2D eigenvalue weighted by Crippen LogP contribution is 2.30. The van der Waals surface area contributed by atoms with Crippen molar-refractivity contribution >= 4 is 5.91 Å². The average Bonchev–Trinajstić information content (AvgIpc) is 2.42. The van der Waals surface area contributed by atoms with E-state index in [0.717, 1.165) is 25.7 Å². The summed E-state index contributed by atoms with van der Waals surface area (Å²) in [5, 5.41) is 0. The van der Waals surface area contributed by atoms with Crippen molar-refractivity contribution in [1.82, 2.24) is 4.90 Å². The third-order valence-electron chi connectivity index (χ3n) is 4.21. The molecular weight excluding hydrogens is 256 g/mol. The molecule has 0 aliphatic heterocycles. The van der Waals surface area contributed by atoms with Crippen molar-refractivity contribution in [2.75, 3.05) is 40.5 Å². The van der Waals surface area contributed by atoms with Gasteiger partial charge in [0.15, 0.2) is 0 Å². The molecule has 1 aliphatic carbocycles. The molecule has 0 saturated heterocycles. The van der Waals surface area contributed by atoms with Gasteiger partial charge >= 0.3 is 0 Å². The molecule has 5 heteroatoms. The Bertz CT molecular complexity index is 276. The molecular formula is C15H30N2O3. The zero-order chi connectivity index (χ0) is 15.0. The Morgan fingerprint density at radius 1 is 1.20 bits per heavy atom. The first-order valence-electron chi connectivity index (χ1n) is 7.64. The highest BCUT2D eigenvalue weighted by atomic mass is 16.5. The third kappa shape index (κ3) is 5.04. The number of amides is 1. The minimum absolute atomic E-state index is 0.00119. The number of ether oxygens (including phenoxy) is 2. The van der Waals surface area contributed by atoms with Gasteiger partial charge in [-0.2, -0.15) is 0 Å². The molecule has 5 nitrogen and oxygen atoms in total. The lowest BCUT2D eigenvalue weighted by Gasteiger charge is -2.37. The number of nitrogens with zero attached hydrogens (tertiary/aromatic N) is 1. The first kappa shape index (κ1) is 17.4. The Kier molecular flexibility index (Phi) is 8.11. The summed E-state index contributed by atoms with van der Waals surface area (Å²) in [4.78, 5) is 14.7. The Hall–Kier alpha value is -0.650. The van der Waals surface area contributed by atoms with Gasteiger partial charge in [0.1, 0.15) is 0 Å². The van der Waals surface area contributed by atoms with Crippen LogP contribution in [0.1, 0.15) is 32.6 Å². The number of carbonyl (C=O) groups excluding carboxylic acids is 1. The largest absolute Gasteiger partial charge is 0.385 e. The summed E-state index contributed by atoms with van der Waals surface area (Å²) in [5.41, 5.74) is 6.19. The number of nitrogens with two attached hydrogens (primary N) is 1. The van der Waals surface area contributed by atoms with Crippen LogP contribution in [0.3, 0.4) is 0 Å². The van der Waals surface area contributed by atoms with E-state index in [-0.39, 0.29) is 17.9 Å². The Labute approximate surface area is 122 Å². The molecule has 0 radical (unpaired) electrons. The zero-order valence-electron chi connectivity index (χ0n) is 13.1. The predicted octanol–water partition coefficient (Wildman–Crippen LogP) is 1.26. The van der Waals surface area contributed by atoms with E-state index in [1.807, 2.05) is 4.90 Å². The quantitative estimate of drug-likeness (QED) is 0.682. The predicted molar refractivity (Wildman–Crippen MR) is 79.4 cm³/mol. The van der Waals surface area contributed by atoms with Gasteiger partial charge < -0.3 is 20.1 Å². The van der Waals surface area contributed by atoms with Crippen molar-refractivity contribution in [3.63, 3.8) is 0 Å². The van der Waals surface area contributed by atoms with Gasteiger partial charge in [0, 0.05) is 40.0 Å². The van der Waals surface area contributed by atoms with Crippen LogP contribution in [-0.4, -0.2) is 57.4 Å². The second-order valence-corrected chi connectivity index (χ2v) is 5.76. The number of hydrogen-bond donors (Lipinski definition) is 1. The lowest BCUT2D eigenvalue weighted by molar-refractivity contribution is -0.139. The van der Waals surface area contributed by atoms with E-state index in [4.69, 9.17) is 15.2 Å². The first-order valence-corrected chi connectivity index (χ1v) is 7.64. The van der Waals surface area contributed by atoms with Crippen molar-refractivity contribution in [2.45, 2.75) is 38.6 Å². The van der Waals surface area contributed by atoms with Crippen molar-refractivity contribution < 1.29 is 14.3 Å². The highest BCUT2D eigenvalue weighted by molar-refractivity contribution is 5.80. The van der Waals surface area contributed by atoms with Gasteiger partial charge in [0.25, 0.3) is 0 Å². The van der Waals surface area contributed by atoms with Crippen molar-refractivity contribution in [3.05, 3.63) is 0 Å². The van der Waals surface area contributed by atoms with E-state index in [2.05, 4.69) is 6.92 Å². The molecule has 3 unspecified atom stereocenters. The molecule has 1 fully saturated rings. The number of rotatable bonds is 8. The van der Waals surface area contributed by atoms with E-state index in [1.165, 1.54) is 0 Å². The molecule has 3 atom stereocenters. The smallest absolute Gasteiger partial charge is 0.227 e.